The fraction of sp³-hybridized carbons (Fsp3) is 0.576. The minimum absolute atomic E-state index is 0.104. The summed E-state index contributed by atoms with van der Waals surface area (Å²) in [6.45, 7) is 7.41. The van der Waals surface area contributed by atoms with E-state index in [1.54, 1.807) is 22.9 Å². The second-order valence-electron chi connectivity index (χ2n) is 12.4. The number of aliphatic hydroxyl groups excluding tert-OH is 1. The van der Waals surface area contributed by atoms with Crippen LogP contribution in [0.5, 0.6) is 0 Å². The van der Waals surface area contributed by atoms with Crippen molar-refractivity contribution in [3.63, 3.8) is 0 Å². The molecule has 0 aliphatic carbocycles. The van der Waals surface area contributed by atoms with Gasteiger partial charge in [-0.2, -0.15) is 0 Å². The maximum absolute atomic E-state index is 14.5. The van der Waals surface area contributed by atoms with Crippen LogP contribution in [0, 0.1) is 11.8 Å². The van der Waals surface area contributed by atoms with Gasteiger partial charge in [0.15, 0.2) is 0 Å². The van der Waals surface area contributed by atoms with Gasteiger partial charge in [0.1, 0.15) is 29.8 Å². The minimum Gasteiger partial charge on any atom is -0.455 e. The zero-order valence-electron chi connectivity index (χ0n) is 25.9. The summed E-state index contributed by atoms with van der Waals surface area (Å²) in [5.41, 5.74) is -0.708. The van der Waals surface area contributed by atoms with E-state index in [0.717, 1.165) is 0 Å². The Morgan fingerprint density at radius 2 is 1.77 bits per heavy atom. The summed E-state index contributed by atoms with van der Waals surface area (Å²) >= 11 is 3.58. The van der Waals surface area contributed by atoms with Crippen molar-refractivity contribution in [2.45, 2.75) is 88.9 Å². The van der Waals surface area contributed by atoms with E-state index in [1.807, 2.05) is 70.2 Å². The van der Waals surface area contributed by atoms with Gasteiger partial charge < -0.3 is 29.3 Å². The predicted octanol–water partition coefficient (Wildman–Crippen LogP) is 3.35. The molecule has 5 rings (SSSR count). The smallest absolute Gasteiger partial charge is 0.313 e. The van der Waals surface area contributed by atoms with Gasteiger partial charge in [-0.05, 0) is 45.3 Å². The molecule has 1 aromatic rings. The lowest BCUT2D eigenvalue weighted by Gasteiger charge is -2.39. The summed E-state index contributed by atoms with van der Waals surface area (Å²) in [6, 6.07) is 6.77. The lowest BCUT2D eigenvalue weighted by atomic mass is 9.74. The van der Waals surface area contributed by atoms with Crippen LogP contribution >= 0.6 is 15.9 Å². The molecule has 4 heterocycles. The van der Waals surface area contributed by atoms with Crippen LogP contribution < -0.4 is 0 Å². The topological polar surface area (TPSA) is 117 Å². The number of hydrogen-bond acceptors (Lipinski definition) is 7. The van der Waals surface area contributed by atoms with Crippen LogP contribution in [0.4, 0.5) is 0 Å². The van der Waals surface area contributed by atoms with E-state index in [0.29, 0.717) is 22.9 Å². The van der Waals surface area contributed by atoms with E-state index in [1.165, 1.54) is 4.90 Å². The van der Waals surface area contributed by atoms with Crippen molar-refractivity contribution < 1.29 is 33.8 Å². The van der Waals surface area contributed by atoms with Crippen LogP contribution in [0.25, 0.3) is 0 Å². The summed E-state index contributed by atoms with van der Waals surface area (Å²) in [5.74, 6) is -3.55. The third-order valence-electron chi connectivity index (χ3n) is 9.66. The van der Waals surface area contributed by atoms with Gasteiger partial charge in [-0.3, -0.25) is 19.2 Å². The van der Waals surface area contributed by atoms with Crippen molar-refractivity contribution in [2.24, 2.45) is 11.8 Å². The van der Waals surface area contributed by atoms with E-state index < -0.39 is 59.6 Å². The Hall–Kier alpha value is -3.02. The van der Waals surface area contributed by atoms with Crippen molar-refractivity contribution >= 4 is 39.6 Å². The number of halogens is 1. The minimum atomic E-state index is -1.42. The fourth-order valence-corrected chi connectivity index (χ4v) is 7.87. The molecular weight excluding hydrogens is 630 g/mol. The first-order chi connectivity index (χ1) is 21.0. The van der Waals surface area contributed by atoms with Gasteiger partial charge in [0.25, 0.3) is 0 Å². The monoisotopic (exact) mass is 671 g/mol. The molecule has 2 saturated heterocycles. The van der Waals surface area contributed by atoms with Crippen molar-refractivity contribution in [1.29, 1.82) is 0 Å². The zero-order valence-corrected chi connectivity index (χ0v) is 27.5. The summed E-state index contributed by atoms with van der Waals surface area (Å²) in [7, 11) is 1.70. The highest BCUT2D eigenvalue weighted by Gasteiger charge is 2.75. The molecule has 0 saturated carbocycles. The van der Waals surface area contributed by atoms with Crippen LogP contribution in [0.2, 0.25) is 0 Å². The van der Waals surface area contributed by atoms with E-state index in [2.05, 4.69) is 15.9 Å². The number of cyclic esters (lactones) is 1. The number of carbonyl (C=O) groups excluding carboxylic acids is 4. The summed E-state index contributed by atoms with van der Waals surface area (Å²) in [5, 5.41) is 10.3. The highest BCUT2D eigenvalue weighted by molar-refractivity contribution is 9.11. The predicted molar refractivity (Wildman–Crippen MR) is 166 cm³/mol. The van der Waals surface area contributed by atoms with E-state index in [-0.39, 0.29) is 37.4 Å². The summed E-state index contributed by atoms with van der Waals surface area (Å²) in [4.78, 5) is 61.2. The molecule has 1 spiro atoms. The van der Waals surface area contributed by atoms with Gasteiger partial charge in [-0.25, -0.2) is 0 Å². The van der Waals surface area contributed by atoms with Gasteiger partial charge >= 0.3 is 5.97 Å². The van der Waals surface area contributed by atoms with Gasteiger partial charge in [-0.15, -0.1) is 0 Å². The first-order valence-electron chi connectivity index (χ1n) is 15.4. The summed E-state index contributed by atoms with van der Waals surface area (Å²) < 4.78 is 13.4. The normalized spacial score (nSPS) is 34.4. The molecule has 238 valence electrons. The van der Waals surface area contributed by atoms with Crippen molar-refractivity contribution in [2.75, 3.05) is 20.2 Å². The molecule has 0 aromatic heterocycles. The highest BCUT2D eigenvalue weighted by Crippen LogP contribution is 2.59. The number of carbonyl (C=O) groups is 4. The third kappa shape index (κ3) is 5.30. The molecule has 4 aliphatic heterocycles. The van der Waals surface area contributed by atoms with Gasteiger partial charge in [0.2, 0.25) is 17.7 Å². The average molecular weight is 673 g/mol. The Balaban J connectivity index is 1.65. The number of ether oxygens (including phenoxy) is 2. The highest BCUT2D eigenvalue weighted by atomic mass is 79.9. The maximum Gasteiger partial charge on any atom is 0.313 e. The number of aliphatic hydroxyl groups is 1. The Kier molecular flexibility index (Phi) is 9.39. The molecule has 2 fully saturated rings. The lowest BCUT2D eigenvalue weighted by molar-refractivity contribution is -0.164. The molecule has 11 heteroatoms. The molecule has 1 N–H and O–H groups in total. The SMILES string of the molecule is CC[C@@H](CO)N1C(=O)[C@H]2[C@@H]3C(=O)O[C@H](c4ccccc4)[C@@H](C)N(C)C(=O)CC/C=C\CN(C(C)C)C(=O)[C@H]1[C@@]21C=C(Br)[C@@H]3O1. The average Bonchev–Trinajstić information content (AvgIpc) is 3.60. The molecule has 1 aromatic carbocycles. The molecule has 0 unspecified atom stereocenters. The Morgan fingerprint density at radius 1 is 1.07 bits per heavy atom. The van der Waals surface area contributed by atoms with E-state index in [9.17, 15) is 24.3 Å². The van der Waals surface area contributed by atoms with E-state index in [4.69, 9.17) is 9.47 Å². The summed E-state index contributed by atoms with van der Waals surface area (Å²) in [6.07, 6.45) is 5.02. The molecular formula is C33H42BrN3O7. The number of rotatable bonds is 5. The van der Waals surface area contributed by atoms with Gasteiger partial charge in [-0.1, -0.05) is 65.3 Å². The van der Waals surface area contributed by atoms with Gasteiger partial charge in [0, 0.05) is 30.5 Å². The fourth-order valence-electron chi connectivity index (χ4n) is 7.14. The quantitative estimate of drug-likeness (QED) is 0.377. The van der Waals surface area contributed by atoms with Crippen molar-refractivity contribution in [3.8, 4) is 0 Å². The van der Waals surface area contributed by atoms with E-state index >= 15 is 0 Å². The number of benzene rings is 1. The number of likely N-dealkylation sites (N-methyl/N-ethyl adjacent to an activating group) is 1. The van der Waals surface area contributed by atoms with Crippen LogP contribution in [-0.4, -0.2) is 99.6 Å². The number of hydrogen-bond donors (Lipinski definition) is 1. The zero-order chi connectivity index (χ0) is 31.9. The molecule has 4 aliphatic rings. The molecule has 10 nitrogen and oxygen atoms in total. The number of amides is 3. The molecule has 44 heavy (non-hydrogen) atoms. The molecule has 5 bridgehead atoms. The standard InChI is InChI=1S/C33H42BrN3O7/c1-6-22(18-38)37-29-31(41)36(19(2)3)16-12-8-11-15-24(39)35(5)20(4)27(21-13-9-7-10-14-21)43-32(42)25-26(30(37)40)33(29)17-23(34)28(25)44-33/h7-10,12-14,17,19-20,22,25-29,38H,6,11,15-16,18H2,1-5H3/b12-8-/t20-,22+,25+,26-,27+,28+,29+,33-/m1/s1. The molecule has 8 atom stereocenters. The number of likely N-dealkylation sites (tertiary alicyclic amines) is 1. The Labute approximate surface area is 267 Å². The van der Waals surface area contributed by atoms with Crippen LogP contribution in [0.3, 0.4) is 0 Å². The second kappa shape index (κ2) is 12.8. The van der Waals surface area contributed by atoms with Crippen molar-refractivity contribution in [3.05, 3.63) is 58.6 Å². The Bertz CT molecular complexity index is 1350. The number of nitrogens with zero attached hydrogens (tertiary/aromatic N) is 3. The maximum atomic E-state index is 14.5. The second-order valence-corrected chi connectivity index (χ2v) is 13.3. The largest absolute Gasteiger partial charge is 0.455 e. The van der Waals surface area contributed by atoms with Crippen molar-refractivity contribution in [1.82, 2.24) is 14.7 Å². The number of fused-ring (bicyclic) bond motifs is 2. The molecule has 3 amide bonds. The van der Waals surface area contributed by atoms with Crippen LogP contribution in [0.1, 0.15) is 58.6 Å². The number of esters is 1. The number of allylic oxidation sites excluding steroid dienone is 1. The first-order valence-corrected chi connectivity index (χ1v) is 16.2. The van der Waals surface area contributed by atoms with Crippen LogP contribution in [-0.2, 0) is 28.7 Å². The molecule has 0 radical (unpaired) electrons. The van der Waals surface area contributed by atoms with Crippen LogP contribution in [0.15, 0.2) is 53.0 Å². The third-order valence-corrected chi connectivity index (χ3v) is 10.3. The lowest BCUT2D eigenvalue weighted by Crippen LogP contribution is -2.59. The first kappa shape index (κ1) is 32.4. The Morgan fingerprint density at radius 3 is 2.41 bits per heavy atom. The van der Waals surface area contributed by atoms with Gasteiger partial charge in [0.05, 0.1) is 24.6 Å².